The molecular weight excluding hydrogens is 616 g/mol. The molecule has 2 heterocycles. The predicted molar refractivity (Wildman–Crippen MR) is 174 cm³/mol. The quantitative estimate of drug-likeness (QED) is 0.0489. The number of benzene rings is 4. The number of carbonyl (C=O) groups is 2. The molecule has 248 valence electrons. The van der Waals surface area contributed by atoms with Crippen LogP contribution in [0.2, 0.25) is 0 Å². The van der Waals surface area contributed by atoms with E-state index in [0.717, 1.165) is 22.3 Å². The highest BCUT2D eigenvalue weighted by atomic mass is 16.7. The Kier molecular flexibility index (Phi) is 8.65. The molecule has 10 heteroatoms. The van der Waals surface area contributed by atoms with Gasteiger partial charge in [-0.15, -0.1) is 0 Å². The van der Waals surface area contributed by atoms with Gasteiger partial charge in [0.2, 0.25) is 0 Å². The van der Waals surface area contributed by atoms with Crippen LogP contribution in [0.1, 0.15) is 58.5 Å². The zero-order valence-corrected chi connectivity index (χ0v) is 27.0. The highest BCUT2D eigenvalue weighted by Crippen LogP contribution is 2.47. The van der Waals surface area contributed by atoms with Crippen LogP contribution in [0.4, 0.5) is 0 Å². The molecule has 4 aromatic carbocycles. The maximum Gasteiger partial charge on any atom is 0.343 e. The monoisotopic (exact) mass is 652 g/mol. The molecule has 0 radical (unpaired) electrons. The summed E-state index contributed by atoms with van der Waals surface area (Å²) in [6.45, 7) is 8.55. The summed E-state index contributed by atoms with van der Waals surface area (Å²) in [4.78, 5) is 25.8. The Balaban J connectivity index is 0.924. The molecule has 0 saturated carbocycles. The van der Waals surface area contributed by atoms with Gasteiger partial charge in [0.05, 0.1) is 37.6 Å². The maximum atomic E-state index is 12.9. The van der Waals surface area contributed by atoms with Crippen LogP contribution in [0.3, 0.4) is 0 Å². The van der Waals surface area contributed by atoms with Crippen molar-refractivity contribution in [3.63, 3.8) is 0 Å². The van der Waals surface area contributed by atoms with Crippen LogP contribution in [0.5, 0.6) is 23.0 Å². The molecule has 2 unspecified atom stereocenters. The molecular formula is C38H36O10. The van der Waals surface area contributed by atoms with Crippen LogP contribution in [-0.2, 0) is 18.9 Å². The molecule has 0 spiro atoms. The van der Waals surface area contributed by atoms with Crippen LogP contribution in [0.25, 0.3) is 11.1 Å². The van der Waals surface area contributed by atoms with Crippen LogP contribution in [0.15, 0.2) is 84.9 Å². The van der Waals surface area contributed by atoms with E-state index in [1.807, 2.05) is 38.1 Å². The molecule has 2 atom stereocenters. The SMILES string of the molecule is CC1c2cc(OC(=O)c3ccc(OCOCC4(C)CO4)cc3)ccc2-c2ccc(OC(=O)c3ccc(OCOCC4(C)CO4)cc3)cc21. The Morgan fingerprint density at radius 3 is 1.38 bits per heavy atom. The number of epoxide rings is 2. The van der Waals surface area contributed by atoms with Crippen molar-refractivity contribution >= 4 is 11.9 Å². The number of esters is 2. The van der Waals surface area contributed by atoms with Crippen LogP contribution < -0.4 is 18.9 Å². The molecule has 2 aliphatic heterocycles. The van der Waals surface area contributed by atoms with Gasteiger partial charge in [-0.2, -0.15) is 0 Å². The minimum atomic E-state index is -0.472. The second kappa shape index (κ2) is 13.0. The van der Waals surface area contributed by atoms with E-state index in [9.17, 15) is 9.59 Å². The molecule has 4 aromatic rings. The van der Waals surface area contributed by atoms with Crippen molar-refractivity contribution in [3.8, 4) is 34.1 Å². The molecule has 10 nitrogen and oxygen atoms in total. The third kappa shape index (κ3) is 7.37. The molecule has 2 fully saturated rings. The Morgan fingerprint density at radius 1 is 0.625 bits per heavy atom. The summed E-state index contributed by atoms with van der Waals surface area (Å²) < 4.78 is 44.2. The molecule has 48 heavy (non-hydrogen) atoms. The van der Waals surface area contributed by atoms with E-state index in [-0.39, 0.29) is 30.7 Å². The van der Waals surface area contributed by atoms with Gasteiger partial charge in [-0.05, 0) is 109 Å². The van der Waals surface area contributed by atoms with Gasteiger partial charge >= 0.3 is 11.9 Å². The Hall–Kier alpha value is -4.74. The minimum absolute atomic E-state index is 0.00673. The van der Waals surface area contributed by atoms with E-state index >= 15 is 0 Å². The molecule has 0 N–H and O–H groups in total. The van der Waals surface area contributed by atoms with E-state index in [4.69, 9.17) is 37.9 Å². The van der Waals surface area contributed by atoms with Crippen molar-refractivity contribution in [2.45, 2.75) is 37.9 Å². The zero-order chi connectivity index (χ0) is 33.3. The van der Waals surface area contributed by atoms with Gasteiger partial charge in [0.25, 0.3) is 0 Å². The van der Waals surface area contributed by atoms with Crippen molar-refractivity contribution in [2.75, 3.05) is 40.0 Å². The standard InChI is InChI=1S/C38H36O10/c1-24-33-16-29(47-35(39)25-4-8-27(9-5-25)43-22-41-18-37(2)20-45-37)12-14-31(33)32-15-13-30(17-34(24)32)48-36(40)26-6-10-28(11-7-26)44-23-42-19-38(3)21-46-38/h4-17,24H,18-23H2,1-3H3. The van der Waals surface area contributed by atoms with Gasteiger partial charge in [-0.3, -0.25) is 0 Å². The van der Waals surface area contributed by atoms with Gasteiger partial charge in [0, 0.05) is 5.92 Å². The molecule has 1 aliphatic carbocycles. The summed E-state index contributed by atoms with van der Waals surface area (Å²) in [6, 6.07) is 24.7. The molecule has 0 bridgehead atoms. The Bertz CT molecular complexity index is 1670. The second-order valence-electron chi connectivity index (χ2n) is 12.7. The number of ether oxygens (including phenoxy) is 8. The maximum absolute atomic E-state index is 12.9. The van der Waals surface area contributed by atoms with Gasteiger partial charge in [0.15, 0.2) is 13.6 Å². The van der Waals surface area contributed by atoms with Crippen LogP contribution in [-0.4, -0.2) is 63.2 Å². The van der Waals surface area contributed by atoms with Crippen LogP contribution in [0, 0.1) is 0 Å². The highest BCUT2D eigenvalue weighted by Gasteiger charge is 2.40. The smallest absolute Gasteiger partial charge is 0.343 e. The first-order chi connectivity index (χ1) is 23.2. The summed E-state index contributed by atoms with van der Waals surface area (Å²) in [6.07, 6.45) is 0. The van der Waals surface area contributed by atoms with Crippen LogP contribution >= 0.6 is 0 Å². The summed E-state index contributed by atoms with van der Waals surface area (Å²) in [5, 5.41) is 0. The zero-order valence-electron chi connectivity index (χ0n) is 27.0. The number of hydrogen-bond donors (Lipinski definition) is 0. The molecule has 0 amide bonds. The van der Waals surface area contributed by atoms with Crippen molar-refractivity contribution in [3.05, 3.63) is 107 Å². The first kappa shape index (κ1) is 31.8. The normalized spacial score (nSPS) is 21.5. The lowest BCUT2D eigenvalue weighted by Crippen LogP contribution is -2.17. The molecule has 7 rings (SSSR count). The first-order valence-electron chi connectivity index (χ1n) is 15.8. The fraction of sp³-hybridized carbons (Fsp3) is 0.316. The number of rotatable bonds is 14. The summed E-state index contributed by atoms with van der Waals surface area (Å²) in [7, 11) is 0. The first-order valence-corrected chi connectivity index (χ1v) is 15.8. The van der Waals surface area contributed by atoms with Crippen molar-refractivity contribution in [2.24, 2.45) is 0 Å². The van der Waals surface area contributed by atoms with Gasteiger partial charge in [0.1, 0.15) is 34.2 Å². The summed E-state index contributed by atoms with van der Waals surface area (Å²) >= 11 is 0. The molecule has 3 aliphatic rings. The largest absolute Gasteiger partial charge is 0.468 e. The van der Waals surface area contributed by atoms with Crippen molar-refractivity contribution in [1.29, 1.82) is 0 Å². The van der Waals surface area contributed by atoms with Gasteiger partial charge in [-0.1, -0.05) is 19.1 Å². The third-order valence-electron chi connectivity index (χ3n) is 8.58. The fourth-order valence-corrected chi connectivity index (χ4v) is 5.44. The van der Waals surface area contributed by atoms with E-state index in [1.165, 1.54) is 0 Å². The van der Waals surface area contributed by atoms with Gasteiger partial charge < -0.3 is 37.9 Å². The number of fused-ring (bicyclic) bond motifs is 3. The average molecular weight is 653 g/mol. The second-order valence-corrected chi connectivity index (χ2v) is 12.7. The number of hydrogen-bond acceptors (Lipinski definition) is 10. The minimum Gasteiger partial charge on any atom is -0.468 e. The Morgan fingerprint density at radius 2 is 1.00 bits per heavy atom. The van der Waals surface area contributed by atoms with Gasteiger partial charge in [-0.25, -0.2) is 9.59 Å². The summed E-state index contributed by atoms with van der Waals surface area (Å²) in [5.41, 5.74) is 4.53. The fourth-order valence-electron chi connectivity index (χ4n) is 5.44. The Labute approximate surface area is 278 Å². The summed E-state index contributed by atoms with van der Waals surface area (Å²) in [5.74, 6) is 1.11. The highest BCUT2D eigenvalue weighted by molar-refractivity contribution is 5.92. The topological polar surface area (TPSA) is 115 Å². The molecule has 2 saturated heterocycles. The average Bonchev–Trinajstić information content (AvgIpc) is 4.01. The van der Waals surface area contributed by atoms with Crippen molar-refractivity contribution < 1.29 is 47.5 Å². The number of carbonyl (C=O) groups excluding carboxylic acids is 2. The predicted octanol–water partition coefficient (Wildman–Crippen LogP) is 6.54. The van der Waals surface area contributed by atoms with E-state index in [0.29, 0.717) is 60.6 Å². The van der Waals surface area contributed by atoms with Crippen molar-refractivity contribution in [1.82, 2.24) is 0 Å². The lowest BCUT2D eigenvalue weighted by Gasteiger charge is -2.11. The van der Waals surface area contributed by atoms with E-state index in [2.05, 4.69) is 6.92 Å². The van der Waals surface area contributed by atoms with E-state index in [1.54, 1.807) is 60.7 Å². The lowest BCUT2D eigenvalue weighted by atomic mass is 9.99. The van der Waals surface area contributed by atoms with E-state index < -0.39 is 11.9 Å². The third-order valence-corrected chi connectivity index (χ3v) is 8.58. The molecule has 0 aromatic heterocycles. The lowest BCUT2D eigenvalue weighted by molar-refractivity contribution is -0.00713.